The first-order valence-electron chi connectivity index (χ1n) is 6.84. The van der Waals surface area contributed by atoms with Crippen molar-refractivity contribution >= 4 is 11.6 Å². The van der Waals surface area contributed by atoms with Gasteiger partial charge in [-0.15, -0.1) is 0 Å². The first-order valence-corrected chi connectivity index (χ1v) is 6.84. The number of rotatable bonds is 3. The lowest BCUT2D eigenvalue weighted by atomic mass is 9.97. The van der Waals surface area contributed by atoms with Crippen LogP contribution < -0.4 is 5.32 Å². The second-order valence-electron chi connectivity index (χ2n) is 5.22. The van der Waals surface area contributed by atoms with E-state index in [1.807, 2.05) is 37.1 Å². The summed E-state index contributed by atoms with van der Waals surface area (Å²) in [5, 5.41) is 12.2. The number of carbonyl (C=O) groups excluding carboxylic acids is 1. The molecule has 0 atom stereocenters. The van der Waals surface area contributed by atoms with Crippen LogP contribution in [0.3, 0.4) is 0 Å². The molecule has 0 saturated carbocycles. The quantitative estimate of drug-likeness (QED) is 0.874. The van der Waals surface area contributed by atoms with E-state index in [1.54, 1.807) is 0 Å². The van der Waals surface area contributed by atoms with Crippen molar-refractivity contribution in [3.05, 3.63) is 29.3 Å². The SMILES string of the molecule is CNc1cc(C)ccc1C(=O)N1CCC(CO)CC1. The largest absolute Gasteiger partial charge is 0.396 e. The fourth-order valence-corrected chi connectivity index (χ4v) is 2.54. The number of likely N-dealkylation sites (tertiary alicyclic amines) is 1. The van der Waals surface area contributed by atoms with Crippen LogP contribution in [0.2, 0.25) is 0 Å². The van der Waals surface area contributed by atoms with Crippen LogP contribution in [0.5, 0.6) is 0 Å². The summed E-state index contributed by atoms with van der Waals surface area (Å²) in [5.74, 6) is 0.437. The monoisotopic (exact) mass is 262 g/mol. The number of aliphatic hydroxyl groups excluding tert-OH is 1. The molecule has 1 aromatic carbocycles. The molecule has 0 bridgehead atoms. The van der Waals surface area contributed by atoms with Crippen molar-refractivity contribution in [3.8, 4) is 0 Å². The number of carbonyl (C=O) groups is 1. The number of piperidine rings is 1. The van der Waals surface area contributed by atoms with Crippen molar-refractivity contribution in [2.45, 2.75) is 19.8 Å². The highest BCUT2D eigenvalue weighted by atomic mass is 16.3. The Labute approximate surface area is 114 Å². The van der Waals surface area contributed by atoms with Crippen LogP contribution in [0.25, 0.3) is 0 Å². The lowest BCUT2D eigenvalue weighted by Gasteiger charge is -2.31. The lowest BCUT2D eigenvalue weighted by molar-refractivity contribution is 0.0652. The van der Waals surface area contributed by atoms with Gasteiger partial charge in [0.15, 0.2) is 0 Å². The maximum Gasteiger partial charge on any atom is 0.255 e. The van der Waals surface area contributed by atoms with E-state index in [-0.39, 0.29) is 12.5 Å². The number of hydrogen-bond acceptors (Lipinski definition) is 3. The summed E-state index contributed by atoms with van der Waals surface area (Å²) in [6, 6.07) is 5.85. The zero-order valence-corrected chi connectivity index (χ0v) is 11.6. The third kappa shape index (κ3) is 3.07. The summed E-state index contributed by atoms with van der Waals surface area (Å²) in [5.41, 5.74) is 2.75. The average Bonchev–Trinajstić information content (AvgIpc) is 2.46. The summed E-state index contributed by atoms with van der Waals surface area (Å²) in [7, 11) is 1.84. The van der Waals surface area contributed by atoms with Gasteiger partial charge in [-0.3, -0.25) is 4.79 Å². The van der Waals surface area contributed by atoms with Gasteiger partial charge in [-0.1, -0.05) is 6.07 Å². The van der Waals surface area contributed by atoms with Crippen molar-refractivity contribution in [3.63, 3.8) is 0 Å². The molecule has 4 nitrogen and oxygen atoms in total. The second kappa shape index (κ2) is 6.06. The van der Waals surface area contributed by atoms with Gasteiger partial charge in [0, 0.05) is 32.4 Å². The summed E-state index contributed by atoms with van der Waals surface area (Å²) in [6.45, 7) is 3.72. The molecule has 0 radical (unpaired) electrons. The minimum absolute atomic E-state index is 0.0840. The van der Waals surface area contributed by atoms with Crippen molar-refractivity contribution < 1.29 is 9.90 Å². The molecule has 104 valence electrons. The number of benzene rings is 1. The van der Waals surface area contributed by atoms with Crippen molar-refractivity contribution in [1.82, 2.24) is 4.90 Å². The van der Waals surface area contributed by atoms with Gasteiger partial charge in [0.1, 0.15) is 0 Å². The predicted molar refractivity (Wildman–Crippen MR) is 76.4 cm³/mol. The van der Waals surface area contributed by atoms with E-state index < -0.39 is 0 Å². The zero-order chi connectivity index (χ0) is 13.8. The van der Waals surface area contributed by atoms with E-state index in [9.17, 15) is 4.79 Å². The van der Waals surface area contributed by atoms with E-state index in [0.717, 1.165) is 42.7 Å². The highest BCUT2D eigenvalue weighted by Crippen LogP contribution is 2.22. The number of aryl methyl sites for hydroxylation is 1. The van der Waals surface area contributed by atoms with Crippen molar-refractivity contribution in [2.24, 2.45) is 5.92 Å². The fraction of sp³-hybridized carbons (Fsp3) is 0.533. The maximum atomic E-state index is 12.5. The summed E-state index contributed by atoms with van der Waals surface area (Å²) in [4.78, 5) is 14.4. The molecule has 19 heavy (non-hydrogen) atoms. The minimum Gasteiger partial charge on any atom is -0.396 e. The van der Waals surface area contributed by atoms with E-state index in [2.05, 4.69) is 5.32 Å². The van der Waals surface area contributed by atoms with Gasteiger partial charge >= 0.3 is 0 Å². The molecule has 4 heteroatoms. The zero-order valence-electron chi connectivity index (χ0n) is 11.6. The van der Waals surface area contributed by atoms with Crippen LogP contribution in [0.15, 0.2) is 18.2 Å². The van der Waals surface area contributed by atoms with Gasteiger partial charge in [0.2, 0.25) is 0 Å². The smallest absolute Gasteiger partial charge is 0.255 e. The van der Waals surface area contributed by atoms with Gasteiger partial charge in [-0.2, -0.15) is 0 Å². The minimum atomic E-state index is 0.0840. The average molecular weight is 262 g/mol. The van der Waals surface area contributed by atoms with E-state index in [1.165, 1.54) is 0 Å². The topological polar surface area (TPSA) is 52.6 Å². The molecule has 1 aromatic rings. The van der Waals surface area contributed by atoms with Crippen LogP contribution in [0.1, 0.15) is 28.8 Å². The molecule has 0 aliphatic carbocycles. The van der Waals surface area contributed by atoms with Crippen LogP contribution in [0, 0.1) is 12.8 Å². The van der Waals surface area contributed by atoms with Crippen molar-refractivity contribution in [1.29, 1.82) is 0 Å². The maximum absolute atomic E-state index is 12.5. The number of aliphatic hydroxyl groups is 1. The van der Waals surface area contributed by atoms with Crippen LogP contribution in [-0.2, 0) is 0 Å². The molecule has 1 fully saturated rings. The summed E-state index contributed by atoms with van der Waals surface area (Å²) < 4.78 is 0. The molecular formula is C15H22N2O2. The van der Waals surface area contributed by atoms with Gasteiger partial charge < -0.3 is 15.3 Å². The Morgan fingerprint density at radius 3 is 2.68 bits per heavy atom. The van der Waals surface area contributed by atoms with Crippen LogP contribution >= 0.6 is 0 Å². The van der Waals surface area contributed by atoms with Gasteiger partial charge in [-0.05, 0) is 43.4 Å². The van der Waals surface area contributed by atoms with Gasteiger partial charge in [0.05, 0.1) is 5.56 Å². The number of hydrogen-bond donors (Lipinski definition) is 2. The Kier molecular flexibility index (Phi) is 4.43. The predicted octanol–water partition coefficient (Wildman–Crippen LogP) is 1.88. The highest BCUT2D eigenvalue weighted by Gasteiger charge is 2.24. The molecule has 1 saturated heterocycles. The second-order valence-corrected chi connectivity index (χ2v) is 5.22. The number of anilines is 1. The molecular weight excluding hydrogens is 240 g/mol. The number of amides is 1. The standard InChI is InChI=1S/C15H22N2O2/c1-11-3-4-13(14(9-11)16-2)15(19)17-7-5-12(10-18)6-8-17/h3-4,9,12,16,18H,5-8,10H2,1-2H3. The Hall–Kier alpha value is -1.55. The normalized spacial score (nSPS) is 16.5. The molecule has 0 spiro atoms. The molecule has 1 aliphatic heterocycles. The molecule has 2 N–H and O–H groups in total. The molecule has 1 heterocycles. The first kappa shape index (κ1) is 13.9. The Balaban J connectivity index is 2.12. The third-order valence-corrected chi connectivity index (χ3v) is 3.83. The Morgan fingerprint density at radius 1 is 1.42 bits per heavy atom. The Morgan fingerprint density at radius 2 is 2.11 bits per heavy atom. The molecule has 1 amide bonds. The first-order chi connectivity index (χ1) is 9.15. The number of nitrogens with one attached hydrogen (secondary N) is 1. The molecule has 2 rings (SSSR count). The van der Waals surface area contributed by atoms with Gasteiger partial charge in [0.25, 0.3) is 5.91 Å². The summed E-state index contributed by atoms with van der Waals surface area (Å²) >= 11 is 0. The van der Waals surface area contributed by atoms with Crippen LogP contribution in [-0.4, -0.2) is 42.7 Å². The lowest BCUT2D eigenvalue weighted by Crippen LogP contribution is -2.39. The van der Waals surface area contributed by atoms with E-state index in [4.69, 9.17) is 5.11 Å². The molecule has 0 aromatic heterocycles. The van der Waals surface area contributed by atoms with Crippen molar-refractivity contribution in [2.75, 3.05) is 32.1 Å². The molecule has 0 unspecified atom stereocenters. The fourth-order valence-electron chi connectivity index (χ4n) is 2.54. The molecule has 1 aliphatic rings. The number of nitrogens with zero attached hydrogens (tertiary/aromatic N) is 1. The van der Waals surface area contributed by atoms with E-state index in [0.29, 0.717) is 5.92 Å². The van der Waals surface area contributed by atoms with Crippen LogP contribution in [0.4, 0.5) is 5.69 Å². The van der Waals surface area contributed by atoms with E-state index >= 15 is 0 Å². The summed E-state index contributed by atoms with van der Waals surface area (Å²) in [6.07, 6.45) is 1.78. The highest BCUT2D eigenvalue weighted by molar-refractivity contribution is 5.99. The third-order valence-electron chi connectivity index (χ3n) is 3.83. The Bertz CT molecular complexity index is 451. The van der Waals surface area contributed by atoms with Gasteiger partial charge in [-0.25, -0.2) is 0 Å².